The Bertz CT molecular complexity index is 923. The van der Waals surface area contributed by atoms with Gasteiger partial charge in [0.15, 0.2) is 5.75 Å². The number of hydrogen-bond donors (Lipinski definition) is 2. The molecule has 0 heterocycles. The molecule has 2 aromatic carbocycles. The molecule has 0 aromatic heterocycles. The summed E-state index contributed by atoms with van der Waals surface area (Å²) in [6, 6.07) is 5.62. The van der Waals surface area contributed by atoms with Crippen LogP contribution in [0.15, 0.2) is 30.3 Å². The fraction of sp³-hybridized carbons (Fsp3) is 0.263. The molecule has 0 spiro atoms. The van der Waals surface area contributed by atoms with E-state index in [9.17, 15) is 22.8 Å². The van der Waals surface area contributed by atoms with E-state index in [1.54, 1.807) is 13.8 Å². The van der Waals surface area contributed by atoms with Gasteiger partial charge in [-0.2, -0.15) is 13.2 Å². The molecule has 0 aliphatic carbocycles. The number of amides is 1. The SMILES string of the molecule is CC(C)C(=O)Nc1ccc(Oc2c(Cl)cc(CC(=O)O)cc2Cl)cc1C(F)(F)F. The first-order valence-electron chi connectivity index (χ1n) is 8.28. The van der Waals surface area contributed by atoms with Crippen LogP contribution in [0.4, 0.5) is 18.9 Å². The quantitative estimate of drug-likeness (QED) is 0.564. The lowest BCUT2D eigenvalue weighted by atomic mass is 10.1. The molecule has 0 unspecified atom stereocenters. The molecule has 0 atom stereocenters. The van der Waals surface area contributed by atoms with Gasteiger partial charge < -0.3 is 15.2 Å². The van der Waals surface area contributed by atoms with Crippen molar-refractivity contribution in [3.8, 4) is 11.5 Å². The second-order valence-electron chi connectivity index (χ2n) is 6.41. The van der Waals surface area contributed by atoms with Crippen molar-refractivity contribution < 1.29 is 32.6 Å². The van der Waals surface area contributed by atoms with E-state index in [2.05, 4.69) is 5.32 Å². The molecule has 156 valence electrons. The number of alkyl halides is 3. The first kappa shape index (κ1) is 22.8. The van der Waals surface area contributed by atoms with Crippen LogP contribution in [-0.4, -0.2) is 17.0 Å². The predicted molar refractivity (Wildman–Crippen MR) is 103 cm³/mol. The predicted octanol–water partition coefficient (Wildman–Crippen LogP) is 6.03. The Morgan fingerprint density at radius 1 is 1.14 bits per heavy atom. The molecule has 0 aliphatic rings. The first-order chi connectivity index (χ1) is 13.4. The van der Waals surface area contributed by atoms with E-state index < -0.39 is 35.2 Å². The number of carboxylic acid groups (broad SMARTS) is 1. The van der Waals surface area contributed by atoms with Crippen molar-refractivity contribution in [1.82, 2.24) is 0 Å². The Balaban J connectivity index is 2.39. The van der Waals surface area contributed by atoms with E-state index in [1.165, 1.54) is 18.2 Å². The summed E-state index contributed by atoms with van der Waals surface area (Å²) < 4.78 is 45.7. The lowest BCUT2D eigenvalue weighted by Gasteiger charge is -2.17. The maximum atomic E-state index is 13.4. The highest BCUT2D eigenvalue weighted by molar-refractivity contribution is 6.37. The first-order valence-corrected chi connectivity index (χ1v) is 9.03. The zero-order chi connectivity index (χ0) is 21.9. The van der Waals surface area contributed by atoms with Crippen LogP contribution in [0.2, 0.25) is 10.0 Å². The molecule has 0 fully saturated rings. The zero-order valence-electron chi connectivity index (χ0n) is 15.2. The summed E-state index contributed by atoms with van der Waals surface area (Å²) in [6.07, 6.45) is -5.08. The summed E-state index contributed by atoms with van der Waals surface area (Å²) in [4.78, 5) is 22.6. The van der Waals surface area contributed by atoms with E-state index in [-0.39, 0.29) is 28.0 Å². The number of carbonyl (C=O) groups is 2. The minimum atomic E-state index is -4.75. The van der Waals surface area contributed by atoms with Crippen molar-refractivity contribution in [1.29, 1.82) is 0 Å². The number of hydrogen-bond acceptors (Lipinski definition) is 3. The van der Waals surface area contributed by atoms with Gasteiger partial charge in [0, 0.05) is 5.92 Å². The van der Waals surface area contributed by atoms with Gasteiger partial charge in [-0.05, 0) is 35.9 Å². The molecule has 0 aliphatic heterocycles. The van der Waals surface area contributed by atoms with Gasteiger partial charge in [0.25, 0.3) is 0 Å². The van der Waals surface area contributed by atoms with Gasteiger partial charge in [0.2, 0.25) is 5.91 Å². The number of ether oxygens (including phenoxy) is 1. The third-order valence-electron chi connectivity index (χ3n) is 3.71. The van der Waals surface area contributed by atoms with Gasteiger partial charge in [0.1, 0.15) is 5.75 Å². The summed E-state index contributed by atoms with van der Waals surface area (Å²) in [7, 11) is 0. The van der Waals surface area contributed by atoms with Crippen molar-refractivity contribution in [3.05, 3.63) is 51.5 Å². The standard InChI is InChI=1S/C19H16Cl2F3NO4/c1-9(2)18(28)25-15-4-3-11(8-12(15)19(22,23)24)29-17-13(20)5-10(6-14(17)21)7-16(26)27/h3-6,8-9H,7H2,1-2H3,(H,25,28)(H,26,27). The number of benzene rings is 2. The van der Waals surface area contributed by atoms with E-state index in [4.69, 9.17) is 33.0 Å². The Morgan fingerprint density at radius 2 is 1.72 bits per heavy atom. The molecule has 2 rings (SSSR count). The Labute approximate surface area is 174 Å². The highest BCUT2D eigenvalue weighted by Crippen LogP contribution is 2.41. The molecule has 0 saturated heterocycles. The Kier molecular flexibility index (Phi) is 7.02. The highest BCUT2D eigenvalue weighted by Gasteiger charge is 2.35. The van der Waals surface area contributed by atoms with E-state index in [0.29, 0.717) is 11.6 Å². The van der Waals surface area contributed by atoms with Gasteiger partial charge in [-0.25, -0.2) is 0 Å². The molecule has 10 heteroatoms. The monoisotopic (exact) mass is 449 g/mol. The Morgan fingerprint density at radius 3 is 2.21 bits per heavy atom. The number of halogens is 5. The van der Waals surface area contributed by atoms with Crippen LogP contribution in [0.25, 0.3) is 0 Å². The third kappa shape index (κ3) is 6.01. The van der Waals surface area contributed by atoms with Crippen LogP contribution in [0, 0.1) is 5.92 Å². The number of anilines is 1. The maximum absolute atomic E-state index is 13.4. The van der Waals surface area contributed by atoms with Gasteiger partial charge >= 0.3 is 12.1 Å². The van der Waals surface area contributed by atoms with E-state index >= 15 is 0 Å². The van der Waals surface area contributed by atoms with Crippen molar-refractivity contribution in [2.24, 2.45) is 5.92 Å². The summed E-state index contributed by atoms with van der Waals surface area (Å²) in [6.45, 7) is 3.11. The maximum Gasteiger partial charge on any atom is 0.418 e. The van der Waals surface area contributed by atoms with Crippen LogP contribution in [-0.2, 0) is 22.2 Å². The van der Waals surface area contributed by atoms with Crippen LogP contribution in [0.5, 0.6) is 11.5 Å². The summed E-state index contributed by atoms with van der Waals surface area (Å²) in [5, 5.41) is 11.0. The Hall–Kier alpha value is -2.45. The average Bonchev–Trinajstić information content (AvgIpc) is 2.57. The second-order valence-corrected chi connectivity index (χ2v) is 7.22. The van der Waals surface area contributed by atoms with Crippen LogP contribution < -0.4 is 10.1 Å². The minimum Gasteiger partial charge on any atom is -0.481 e. The number of carboxylic acids is 1. The molecule has 2 aromatic rings. The van der Waals surface area contributed by atoms with Crippen LogP contribution >= 0.6 is 23.2 Å². The van der Waals surface area contributed by atoms with Gasteiger partial charge in [-0.1, -0.05) is 37.0 Å². The molecule has 0 saturated carbocycles. The van der Waals surface area contributed by atoms with Crippen molar-refractivity contribution >= 4 is 40.8 Å². The van der Waals surface area contributed by atoms with Crippen molar-refractivity contribution in [3.63, 3.8) is 0 Å². The lowest BCUT2D eigenvalue weighted by Crippen LogP contribution is -2.20. The normalized spacial score (nSPS) is 11.4. The fourth-order valence-corrected chi connectivity index (χ4v) is 2.92. The van der Waals surface area contributed by atoms with Crippen LogP contribution in [0.1, 0.15) is 25.0 Å². The number of rotatable bonds is 6. The summed E-state index contributed by atoms with van der Waals surface area (Å²) in [5.41, 5.74) is -1.20. The second kappa shape index (κ2) is 8.92. The third-order valence-corrected chi connectivity index (χ3v) is 4.27. The largest absolute Gasteiger partial charge is 0.481 e. The summed E-state index contributed by atoms with van der Waals surface area (Å²) in [5.74, 6) is -2.50. The molecular formula is C19H16Cl2F3NO4. The smallest absolute Gasteiger partial charge is 0.418 e. The number of carbonyl (C=O) groups excluding carboxylic acids is 1. The average molecular weight is 450 g/mol. The van der Waals surface area contributed by atoms with E-state index in [1.807, 2.05) is 0 Å². The zero-order valence-corrected chi connectivity index (χ0v) is 16.7. The topological polar surface area (TPSA) is 75.6 Å². The molecule has 0 radical (unpaired) electrons. The number of aliphatic carboxylic acids is 1. The molecule has 5 nitrogen and oxygen atoms in total. The molecule has 2 N–H and O–H groups in total. The summed E-state index contributed by atoms with van der Waals surface area (Å²) >= 11 is 12.1. The van der Waals surface area contributed by atoms with Crippen molar-refractivity contribution in [2.45, 2.75) is 26.4 Å². The van der Waals surface area contributed by atoms with E-state index in [0.717, 1.165) is 6.07 Å². The van der Waals surface area contributed by atoms with Gasteiger partial charge in [-0.15, -0.1) is 0 Å². The molecular weight excluding hydrogens is 434 g/mol. The fourth-order valence-electron chi connectivity index (χ4n) is 2.31. The number of nitrogens with one attached hydrogen (secondary N) is 1. The molecule has 0 bridgehead atoms. The highest BCUT2D eigenvalue weighted by atomic mass is 35.5. The lowest BCUT2D eigenvalue weighted by molar-refractivity contribution is -0.137. The van der Waals surface area contributed by atoms with Gasteiger partial charge in [-0.3, -0.25) is 9.59 Å². The molecule has 29 heavy (non-hydrogen) atoms. The van der Waals surface area contributed by atoms with Crippen LogP contribution in [0.3, 0.4) is 0 Å². The minimum absolute atomic E-state index is 0.0560. The molecule has 1 amide bonds. The van der Waals surface area contributed by atoms with Crippen molar-refractivity contribution in [2.75, 3.05) is 5.32 Å². The van der Waals surface area contributed by atoms with Gasteiger partial charge in [0.05, 0.1) is 27.7 Å².